The summed E-state index contributed by atoms with van der Waals surface area (Å²) in [6.07, 6.45) is 1.07. The van der Waals surface area contributed by atoms with Crippen molar-refractivity contribution < 1.29 is 33.3 Å². The zero-order chi connectivity index (χ0) is 28.0. The number of aromatic nitrogens is 1. The third-order valence-corrected chi connectivity index (χ3v) is 6.86. The minimum Gasteiger partial charge on any atom is -0.619 e. The van der Waals surface area contributed by atoms with Gasteiger partial charge in [0.15, 0.2) is 23.9 Å². The Kier molecular flexibility index (Phi) is 9.70. The number of hydrogen-bond acceptors (Lipinski definition) is 8. The van der Waals surface area contributed by atoms with E-state index in [0.29, 0.717) is 32.2 Å². The first-order valence-corrected chi connectivity index (χ1v) is 13.0. The van der Waals surface area contributed by atoms with Gasteiger partial charge in [-0.25, -0.2) is 9.59 Å². The summed E-state index contributed by atoms with van der Waals surface area (Å²) in [5, 5.41) is 14.6. The SMILES string of the molecule is COc1ccc([C@H](Cc2c(Cl)c[n+]([O-])cc2Cl)OC(=O)c2ccc(CNC(=O)OC(C)(C)C)s2)cc1OC. The van der Waals surface area contributed by atoms with E-state index in [1.807, 2.05) is 0 Å². The molecule has 0 aliphatic carbocycles. The molecule has 0 spiro atoms. The Hall–Kier alpha value is -3.21. The molecular formula is C26H28Cl2N2O7S. The van der Waals surface area contributed by atoms with Crippen LogP contribution in [-0.2, 0) is 22.4 Å². The Labute approximate surface area is 234 Å². The lowest BCUT2D eigenvalue weighted by molar-refractivity contribution is -0.605. The van der Waals surface area contributed by atoms with Gasteiger partial charge in [-0.15, -0.1) is 11.3 Å². The third kappa shape index (κ3) is 7.89. The highest BCUT2D eigenvalue weighted by molar-refractivity contribution is 7.13. The molecule has 0 bridgehead atoms. The minimum absolute atomic E-state index is 0.0954. The number of esters is 1. The molecule has 204 valence electrons. The third-order valence-electron chi connectivity index (χ3n) is 5.14. The molecule has 3 aromatic rings. The molecule has 0 fully saturated rings. The summed E-state index contributed by atoms with van der Waals surface area (Å²) < 4.78 is 22.4. The van der Waals surface area contributed by atoms with Crippen molar-refractivity contribution in [1.82, 2.24) is 5.32 Å². The Bertz CT molecular complexity index is 1280. The molecule has 0 aliphatic rings. The van der Waals surface area contributed by atoms with E-state index in [1.165, 1.54) is 38.0 Å². The van der Waals surface area contributed by atoms with Gasteiger partial charge in [0.05, 0.1) is 20.8 Å². The first-order valence-electron chi connectivity index (χ1n) is 11.4. The molecule has 1 N–H and O–H groups in total. The van der Waals surface area contributed by atoms with Gasteiger partial charge < -0.3 is 29.5 Å². The molecule has 2 heterocycles. The van der Waals surface area contributed by atoms with E-state index in [0.717, 1.165) is 4.88 Å². The summed E-state index contributed by atoms with van der Waals surface area (Å²) in [4.78, 5) is 26.2. The second kappa shape index (κ2) is 12.6. The summed E-state index contributed by atoms with van der Waals surface area (Å²) in [6.45, 7) is 5.51. The molecule has 0 aliphatic heterocycles. The van der Waals surface area contributed by atoms with Crippen LogP contribution in [0.4, 0.5) is 4.79 Å². The van der Waals surface area contributed by atoms with Crippen molar-refractivity contribution in [3.8, 4) is 11.5 Å². The van der Waals surface area contributed by atoms with Gasteiger partial charge in [0.2, 0.25) is 0 Å². The van der Waals surface area contributed by atoms with E-state index in [-0.39, 0.29) is 23.0 Å². The zero-order valence-corrected chi connectivity index (χ0v) is 23.8. The molecule has 1 aromatic carbocycles. The summed E-state index contributed by atoms with van der Waals surface area (Å²) >= 11 is 13.8. The number of pyridine rings is 1. The van der Waals surface area contributed by atoms with Crippen LogP contribution in [-0.4, -0.2) is 31.9 Å². The Balaban J connectivity index is 1.83. The molecule has 0 saturated carbocycles. The number of carbonyl (C=O) groups excluding carboxylic acids is 2. The highest BCUT2D eigenvalue weighted by atomic mass is 35.5. The standard InChI is InChI=1S/C26H28Cl2N2O7S/c1-26(2,3)37-25(32)29-12-16-7-9-23(38-16)24(31)36-21(11-17-18(27)13-30(33)14-19(17)28)15-6-8-20(34-4)22(10-15)35-5/h6-10,13-14,21H,11-12H2,1-5H3,(H,29,32)/t21-/m0/s1. The molecule has 12 heteroatoms. The van der Waals surface area contributed by atoms with E-state index >= 15 is 0 Å². The van der Waals surface area contributed by atoms with Crippen molar-refractivity contribution in [1.29, 1.82) is 0 Å². The number of nitrogens with one attached hydrogen (secondary N) is 1. The van der Waals surface area contributed by atoms with Crippen molar-refractivity contribution in [2.75, 3.05) is 14.2 Å². The number of benzene rings is 1. The van der Waals surface area contributed by atoms with Gasteiger partial charge in [0.25, 0.3) is 0 Å². The maximum Gasteiger partial charge on any atom is 0.407 e. The monoisotopic (exact) mass is 582 g/mol. The van der Waals surface area contributed by atoms with E-state index < -0.39 is 23.8 Å². The number of rotatable bonds is 9. The van der Waals surface area contributed by atoms with Gasteiger partial charge in [-0.1, -0.05) is 29.3 Å². The normalized spacial score (nSPS) is 12.0. The molecule has 0 saturated heterocycles. The molecule has 1 amide bonds. The van der Waals surface area contributed by atoms with Crippen LogP contribution in [0.25, 0.3) is 0 Å². The second-order valence-electron chi connectivity index (χ2n) is 9.13. The summed E-state index contributed by atoms with van der Waals surface area (Å²) in [6, 6.07) is 8.47. The lowest BCUT2D eigenvalue weighted by Gasteiger charge is -2.20. The number of amides is 1. The van der Waals surface area contributed by atoms with E-state index in [2.05, 4.69) is 5.32 Å². The summed E-state index contributed by atoms with van der Waals surface area (Å²) in [5.41, 5.74) is 0.429. The fourth-order valence-electron chi connectivity index (χ4n) is 3.44. The largest absolute Gasteiger partial charge is 0.619 e. The number of carbonyl (C=O) groups is 2. The number of ether oxygens (including phenoxy) is 4. The number of hydrogen-bond donors (Lipinski definition) is 1. The topological polar surface area (TPSA) is 110 Å². The molecule has 2 aromatic heterocycles. The first-order chi connectivity index (χ1) is 17.9. The van der Waals surface area contributed by atoms with Crippen LogP contribution in [0.5, 0.6) is 11.5 Å². The highest BCUT2D eigenvalue weighted by Crippen LogP contribution is 2.35. The molecule has 9 nitrogen and oxygen atoms in total. The number of nitrogens with zero attached hydrogens (tertiary/aromatic N) is 1. The fourth-order valence-corrected chi connectivity index (χ4v) is 4.86. The molecule has 38 heavy (non-hydrogen) atoms. The average molecular weight is 583 g/mol. The molecule has 3 rings (SSSR count). The Morgan fingerprint density at radius 1 is 1.05 bits per heavy atom. The first kappa shape index (κ1) is 29.3. The van der Waals surface area contributed by atoms with Gasteiger partial charge in [0.1, 0.15) is 26.6 Å². The maximum atomic E-state index is 13.2. The van der Waals surface area contributed by atoms with Gasteiger partial charge in [-0.2, -0.15) is 4.73 Å². The fraction of sp³-hybridized carbons (Fsp3) is 0.346. The van der Waals surface area contributed by atoms with Crippen LogP contribution >= 0.6 is 34.5 Å². The number of halogens is 2. The lowest BCUT2D eigenvalue weighted by Crippen LogP contribution is -2.31. The zero-order valence-electron chi connectivity index (χ0n) is 21.5. The van der Waals surface area contributed by atoms with Crippen molar-refractivity contribution in [2.24, 2.45) is 0 Å². The number of methoxy groups -OCH3 is 2. The van der Waals surface area contributed by atoms with Crippen molar-refractivity contribution >= 4 is 46.6 Å². The minimum atomic E-state index is -0.828. The van der Waals surface area contributed by atoms with Gasteiger partial charge >= 0.3 is 12.1 Å². The number of thiophene rings is 1. The Morgan fingerprint density at radius 3 is 2.32 bits per heavy atom. The number of alkyl carbamates (subject to hydrolysis) is 1. The van der Waals surface area contributed by atoms with Crippen molar-refractivity contribution in [3.05, 3.63) is 78.9 Å². The summed E-state index contributed by atoms with van der Waals surface area (Å²) in [5.74, 6) is 0.366. The average Bonchev–Trinajstić information content (AvgIpc) is 3.32. The van der Waals surface area contributed by atoms with Crippen LogP contribution in [0, 0.1) is 5.21 Å². The molecular weight excluding hydrogens is 555 g/mol. The van der Waals surface area contributed by atoms with Gasteiger partial charge in [-0.3, -0.25) is 0 Å². The van der Waals surface area contributed by atoms with E-state index in [9.17, 15) is 14.8 Å². The van der Waals surface area contributed by atoms with Crippen LogP contribution in [0.3, 0.4) is 0 Å². The van der Waals surface area contributed by atoms with Crippen molar-refractivity contribution in [2.45, 2.75) is 45.4 Å². The Morgan fingerprint density at radius 2 is 1.71 bits per heavy atom. The maximum absolute atomic E-state index is 13.2. The highest BCUT2D eigenvalue weighted by Gasteiger charge is 2.25. The predicted molar refractivity (Wildman–Crippen MR) is 144 cm³/mol. The molecule has 0 unspecified atom stereocenters. The van der Waals surface area contributed by atoms with Gasteiger partial charge in [-0.05, 0) is 50.6 Å². The van der Waals surface area contributed by atoms with Gasteiger partial charge in [0, 0.05) is 16.9 Å². The smallest absolute Gasteiger partial charge is 0.407 e. The van der Waals surface area contributed by atoms with Crippen LogP contribution < -0.4 is 19.5 Å². The molecule has 0 radical (unpaired) electrons. The molecule has 1 atom stereocenters. The van der Waals surface area contributed by atoms with E-state index in [4.69, 9.17) is 42.1 Å². The van der Waals surface area contributed by atoms with Crippen LogP contribution in [0.15, 0.2) is 42.7 Å². The van der Waals surface area contributed by atoms with Crippen LogP contribution in [0.1, 0.15) is 52.6 Å². The summed E-state index contributed by atoms with van der Waals surface area (Å²) in [7, 11) is 3.02. The van der Waals surface area contributed by atoms with Crippen LogP contribution in [0.2, 0.25) is 10.0 Å². The quantitative estimate of drug-likeness (QED) is 0.191. The lowest BCUT2D eigenvalue weighted by atomic mass is 10.0. The second-order valence-corrected chi connectivity index (χ2v) is 11.1. The van der Waals surface area contributed by atoms with Crippen molar-refractivity contribution in [3.63, 3.8) is 0 Å². The van der Waals surface area contributed by atoms with E-state index in [1.54, 1.807) is 51.1 Å². The predicted octanol–water partition coefficient (Wildman–Crippen LogP) is 5.87.